The Hall–Kier alpha value is -0.830. The number of rotatable bonds is 3. The fraction of sp³-hybridized carbons (Fsp3) is 0.667. The van der Waals surface area contributed by atoms with E-state index in [1.807, 2.05) is 0 Å². The van der Waals surface area contributed by atoms with Gasteiger partial charge in [0, 0.05) is 12.0 Å². The molecule has 0 aliphatic rings. The lowest BCUT2D eigenvalue weighted by Gasteiger charge is -2.17. The number of nitrogens with zero attached hydrogens (tertiary/aromatic N) is 1. The lowest BCUT2D eigenvalue weighted by atomic mass is 9.90. The minimum Gasteiger partial charge on any atom is -0.448 e. The summed E-state index contributed by atoms with van der Waals surface area (Å²) >= 11 is 0. The van der Waals surface area contributed by atoms with Gasteiger partial charge in [-0.05, 0) is 6.42 Å². The molecule has 3 nitrogen and oxygen atoms in total. The minimum atomic E-state index is 0.0212. The van der Waals surface area contributed by atoms with Crippen LogP contribution in [0.3, 0.4) is 0 Å². The van der Waals surface area contributed by atoms with E-state index in [1.54, 1.807) is 6.26 Å². The summed E-state index contributed by atoms with van der Waals surface area (Å²) in [6, 6.07) is 0. The smallest absolute Gasteiger partial charge is 0.199 e. The summed E-state index contributed by atoms with van der Waals surface area (Å²) in [4.78, 5) is 4.28. The maximum atomic E-state index is 5.43. The Kier molecular flexibility index (Phi) is 2.52. The van der Waals surface area contributed by atoms with Crippen molar-refractivity contribution in [2.24, 2.45) is 5.73 Å². The fourth-order valence-electron chi connectivity index (χ4n) is 0.863. The lowest BCUT2D eigenvalue weighted by molar-refractivity contribution is 0.360. The second-order valence-corrected chi connectivity index (χ2v) is 3.59. The van der Waals surface area contributed by atoms with Gasteiger partial charge in [-0.1, -0.05) is 20.8 Å². The molecule has 0 bridgehead atoms. The average molecular weight is 168 g/mol. The zero-order valence-corrected chi connectivity index (χ0v) is 7.92. The van der Waals surface area contributed by atoms with Gasteiger partial charge in [-0.15, -0.1) is 0 Å². The average Bonchev–Trinajstić information content (AvgIpc) is 2.52. The monoisotopic (exact) mass is 168 g/mol. The Balaban J connectivity index is 2.88. The molecule has 0 saturated heterocycles. The second-order valence-electron chi connectivity index (χ2n) is 3.59. The van der Waals surface area contributed by atoms with Gasteiger partial charge in [0.25, 0.3) is 0 Å². The maximum Gasteiger partial charge on any atom is 0.199 e. The van der Waals surface area contributed by atoms with E-state index in [9.17, 15) is 0 Å². The molecule has 0 unspecified atom stereocenters. The van der Waals surface area contributed by atoms with Gasteiger partial charge in [0.2, 0.25) is 0 Å². The van der Waals surface area contributed by atoms with Crippen molar-refractivity contribution in [2.75, 3.05) is 0 Å². The van der Waals surface area contributed by atoms with Crippen molar-refractivity contribution < 1.29 is 4.42 Å². The van der Waals surface area contributed by atoms with Crippen LogP contribution in [0.1, 0.15) is 38.8 Å². The molecule has 2 N–H and O–H groups in total. The van der Waals surface area contributed by atoms with E-state index in [-0.39, 0.29) is 5.41 Å². The highest BCUT2D eigenvalue weighted by Crippen LogP contribution is 2.25. The third kappa shape index (κ3) is 1.67. The SMILES string of the molecule is CCC(C)(C)c1nc(CN)co1. The normalized spacial score (nSPS) is 12.0. The van der Waals surface area contributed by atoms with E-state index in [0.29, 0.717) is 6.54 Å². The predicted octanol–water partition coefficient (Wildman–Crippen LogP) is 1.82. The van der Waals surface area contributed by atoms with Crippen molar-refractivity contribution in [1.82, 2.24) is 4.98 Å². The van der Waals surface area contributed by atoms with Crippen molar-refractivity contribution in [3.63, 3.8) is 0 Å². The van der Waals surface area contributed by atoms with E-state index < -0.39 is 0 Å². The van der Waals surface area contributed by atoms with Crippen LogP contribution in [-0.4, -0.2) is 4.98 Å². The molecule has 0 atom stereocenters. The van der Waals surface area contributed by atoms with Gasteiger partial charge in [0.15, 0.2) is 5.89 Å². The van der Waals surface area contributed by atoms with Crippen LogP contribution in [0, 0.1) is 0 Å². The molecule has 0 saturated carbocycles. The van der Waals surface area contributed by atoms with Gasteiger partial charge in [0.05, 0.1) is 5.69 Å². The van der Waals surface area contributed by atoms with Crippen molar-refractivity contribution in [3.8, 4) is 0 Å². The van der Waals surface area contributed by atoms with Gasteiger partial charge in [0.1, 0.15) is 6.26 Å². The topological polar surface area (TPSA) is 52.0 Å². The molecule has 68 valence electrons. The quantitative estimate of drug-likeness (QED) is 0.749. The minimum absolute atomic E-state index is 0.0212. The summed E-state index contributed by atoms with van der Waals surface area (Å²) < 4.78 is 5.32. The molecule has 1 aromatic heterocycles. The van der Waals surface area contributed by atoms with Crippen LogP contribution in [0.15, 0.2) is 10.7 Å². The first-order valence-corrected chi connectivity index (χ1v) is 4.25. The van der Waals surface area contributed by atoms with Gasteiger partial charge in [-0.2, -0.15) is 0 Å². The first-order chi connectivity index (χ1) is 5.60. The molecule has 0 fully saturated rings. The molecule has 3 heteroatoms. The molecule has 1 aromatic rings. The highest BCUT2D eigenvalue weighted by Gasteiger charge is 2.23. The maximum absolute atomic E-state index is 5.43. The number of hydrogen-bond acceptors (Lipinski definition) is 3. The standard InChI is InChI=1S/C9H16N2O/c1-4-9(2,3)8-11-7(5-10)6-12-8/h6H,4-5,10H2,1-3H3. The van der Waals surface area contributed by atoms with Crippen molar-refractivity contribution in [1.29, 1.82) is 0 Å². The van der Waals surface area contributed by atoms with E-state index in [1.165, 1.54) is 0 Å². The third-order valence-electron chi connectivity index (χ3n) is 2.22. The van der Waals surface area contributed by atoms with Gasteiger partial charge < -0.3 is 10.2 Å². The summed E-state index contributed by atoms with van der Waals surface area (Å²) in [6.07, 6.45) is 2.64. The molecule has 0 aliphatic heterocycles. The van der Waals surface area contributed by atoms with E-state index in [0.717, 1.165) is 18.0 Å². The van der Waals surface area contributed by atoms with Crippen LogP contribution in [0.2, 0.25) is 0 Å². The fourth-order valence-corrected chi connectivity index (χ4v) is 0.863. The molecule has 0 aliphatic carbocycles. The van der Waals surface area contributed by atoms with E-state index in [4.69, 9.17) is 10.2 Å². The Morgan fingerprint density at radius 1 is 1.58 bits per heavy atom. The number of hydrogen-bond donors (Lipinski definition) is 1. The Morgan fingerprint density at radius 3 is 2.67 bits per heavy atom. The lowest BCUT2D eigenvalue weighted by Crippen LogP contribution is -2.16. The first kappa shape index (κ1) is 9.26. The van der Waals surface area contributed by atoms with Crippen LogP contribution in [-0.2, 0) is 12.0 Å². The number of oxazole rings is 1. The summed E-state index contributed by atoms with van der Waals surface area (Å²) in [5, 5.41) is 0. The molecule has 0 spiro atoms. The molecular formula is C9H16N2O. The molecule has 12 heavy (non-hydrogen) atoms. The molecule has 1 heterocycles. The third-order valence-corrected chi connectivity index (χ3v) is 2.22. The van der Waals surface area contributed by atoms with E-state index in [2.05, 4.69) is 25.8 Å². The second kappa shape index (κ2) is 3.27. The first-order valence-electron chi connectivity index (χ1n) is 4.25. The van der Waals surface area contributed by atoms with Crippen molar-refractivity contribution >= 4 is 0 Å². The largest absolute Gasteiger partial charge is 0.448 e. The predicted molar refractivity (Wildman–Crippen MR) is 47.7 cm³/mol. The van der Waals surface area contributed by atoms with Gasteiger partial charge in [-0.3, -0.25) is 0 Å². The van der Waals surface area contributed by atoms with Gasteiger partial charge >= 0.3 is 0 Å². The Bertz CT molecular complexity index is 253. The van der Waals surface area contributed by atoms with Crippen LogP contribution < -0.4 is 5.73 Å². The van der Waals surface area contributed by atoms with Crippen LogP contribution in [0.25, 0.3) is 0 Å². The van der Waals surface area contributed by atoms with Crippen LogP contribution in [0.4, 0.5) is 0 Å². The number of aromatic nitrogens is 1. The zero-order chi connectivity index (χ0) is 9.19. The Morgan fingerprint density at radius 2 is 2.25 bits per heavy atom. The van der Waals surface area contributed by atoms with Crippen LogP contribution >= 0.6 is 0 Å². The summed E-state index contributed by atoms with van der Waals surface area (Å²) in [5.74, 6) is 0.783. The summed E-state index contributed by atoms with van der Waals surface area (Å²) in [6.45, 7) is 6.79. The zero-order valence-electron chi connectivity index (χ0n) is 7.92. The van der Waals surface area contributed by atoms with Crippen LogP contribution in [0.5, 0.6) is 0 Å². The van der Waals surface area contributed by atoms with Crippen molar-refractivity contribution in [2.45, 2.75) is 39.2 Å². The highest BCUT2D eigenvalue weighted by molar-refractivity contribution is 5.04. The molecular weight excluding hydrogens is 152 g/mol. The van der Waals surface area contributed by atoms with E-state index >= 15 is 0 Å². The molecule has 0 aromatic carbocycles. The summed E-state index contributed by atoms with van der Waals surface area (Å²) in [7, 11) is 0. The van der Waals surface area contributed by atoms with Gasteiger partial charge in [-0.25, -0.2) is 4.98 Å². The molecule has 0 radical (unpaired) electrons. The highest BCUT2D eigenvalue weighted by atomic mass is 16.3. The van der Waals surface area contributed by atoms with Crippen molar-refractivity contribution in [3.05, 3.63) is 17.8 Å². The number of nitrogens with two attached hydrogens (primary N) is 1. The Labute approximate surface area is 73.0 Å². The molecule has 0 amide bonds. The summed E-state index contributed by atoms with van der Waals surface area (Å²) in [5.41, 5.74) is 6.27. The molecule has 1 rings (SSSR count).